The van der Waals surface area contributed by atoms with Gasteiger partial charge in [0.15, 0.2) is 0 Å². The number of carbonyl (C=O) groups is 2. The summed E-state index contributed by atoms with van der Waals surface area (Å²) in [5.74, 6) is -0.876. The second-order valence-electron chi connectivity index (χ2n) is 6.66. The van der Waals surface area contributed by atoms with E-state index in [4.69, 9.17) is 5.73 Å². The molecular formula is C18H28BN3O4S. The largest absolute Gasteiger partial charge is 0.475 e. The first-order valence-electron chi connectivity index (χ1n) is 9.37. The highest BCUT2D eigenvalue weighted by Gasteiger charge is 2.36. The number of unbranched alkanes of at least 4 members (excludes halogenated alkanes) is 1. The van der Waals surface area contributed by atoms with Crippen molar-refractivity contribution >= 4 is 30.7 Å². The van der Waals surface area contributed by atoms with Gasteiger partial charge in [-0.25, -0.2) is 0 Å². The van der Waals surface area contributed by atoms with Crippen molar-refractivity contribution < 1.29 is 19.6 Å². The van der Waals surface area contributed by atoms with Gasteiger partial charge in [0, 0.05) is 11.4 Å². The highest BCUT2D eigenvalue weighted by Crippen LogP contribution is 2.22. The van der Waals surface area contributed by atoms with Crippen LogP contribution in [0.5, 0.6) is 0 Å². The van der Waals surface area contributed by atoms with E-state index in [0.717, 1.165) is 17.7 Å². The standard InChI is InChI=1S/C18H28BN3O4S/c20-11-5-4-10-16(19(25)26)21-18(24)15-9-6-12-22(15)17(23)13-27-14-7-2-1-3-8-14/h1-3,7-8,15-16,25-26H,4-6,9-13,20H2,(H,21,24). The van der Waals surface area contributed by atoms with Gasteiger partial charge in [-0.15, -0.1) is 11.8 Å². The molecule has 2 atom stereocenters. The first kappa shape index (κ1) is 21.8. The SMILES string of the molecule is NCCCCC(NC(=O)C1CCCN1C(=O)CSc1ccccc1)B(O)O. The Kier molecular flexibility index (Phi) is 9.13. The number of rotatable bonds is 10. The van der Waals surface area contributed by atoms with Crippen LogP contribution in [0.2, 0.25) is 0 Å². The maximum Gasteiger partial charge on any atom is 0.475 e. The van der Waals surface area contributed by atoms with Crippen molar-refractivity contribution in [1.29, 1.82) is 0 Å². The zero-order valence-corrected chi connectivity index (χ0v) is 16.2. The molecule has 1 heterocycles. The summed E-state index contributed by atoms with van der Waals surface area (Å²) in [7, 11) is -1.63. The number of thioether (sulfide) groups is 1. The Balaban J connectivity index is 1.89. The molecule has 2 unspecified atom stereocenters. The normalized spacial score (nSPS) is 17.6. The molecule has 0 aliphatic carbocycles. The lowest BCUT2D eigenvalue weighted by atomic mass is 9.76. The fourth-order valence-electron chi connectivity index (χ4n) is 3.17. The van der Waals surface area contributed by atoms with E-state index < -0.39 is 19.1 Å². The average molecular weight is 393 g/mol. The number of carbonyl (C=O) groups excluding carboxylic acids is 2. The van der Waals surface area contributed by atoms with E-state index in [1.54, 1.807) is 4.90 Å². The highest BCUT2D eigenvalue weighted by atomic mass is 32.2. The molecule has 9 heteroatoms. The molecule has 148 valence electrons. The molecule has 0 spiro atoms. The fraction of sp³-hybridized carbons (Fsp3) is 0.556. The minimum absolute atomic E-state index is 0.0780. The predicted octanol–water partition coefficient (Wildman–Crippen LogP) is 0.396. The number of hydrogen-bond donors (Lipinski definition) is 4. The van der Waals surface area contributed by atoms with Crippen molar-refractivity contribution in [2.24, 2.45) is 5.73 Å². The lowest BCUT2D eigenvalue weighted by Crippen LogP contribution is -2.53. The molecule has 1 aliphatic heterocycles. The molecule has 0 radical (unpaired) electrons. The molecule has 1 aromatic rings. The number of nitrogens with one attached hydrogen (secondary N) is 1. The Morgan fingerprint density at radius 2 is 2.04 bits per heavy atom. The Morgan fingerprint density at radius 1 is 1.30 bits per heavy atom. The summed E-state index contributed by atoms with van der Waals surface area (Å²) in [6, 6.07) is 9.10. The maximum atomic E-state index is 12.6. The van der Waals surface area contributed by atoms with Gasteiger partial charge in [-0.1, -0.05) is 24.6 Å². The summed E-state index contributed by atoms with van der Waals surface area (Å²) in [5.41, 5.74) is 5.46. The maximum absolute atomic E-state index is 12.6. The first-order chi connectivity index (χ1) is 13.0. The lowest BCUT2D eigenvalue weighted by Gasteiger charge is -2.26. The van der Waals surface area contributed by atoms with E-state index in [1.165, 1.54) is 11.8 Å². The summed E-state index contributed by atoms with van der Waals surface area (Å²) in [6.45, 7) is 1.07. The van der Waals surface area contributed by atoms with Crippen molar-refractivity contribution in [1.82, 2.24) is 10.2 Å². The topological polar surface area (TPSA) is 116 Å². The molecule has 2 amide bonds. The molecule has 1 saturated heterocycles. The minimum Gasteiger partial charge on any atom is -0.426 e. The van der Waals surface area contributed by atoms with Gasteiger partial charge in [0.05, 0.1) is 11.7 Å². The molecule has 7 nitrogen and oxygen atoms in total. The van der Waals surface area contributed by atoms with Crippen LogP contribution in [0.15, 0.2) is 35.2 Å². The third-order valence-electron chi connectivity index (χ3n) is 4.64. The molecule has 0 bridgehead atoms. The van der Waals surface area contributed by atoms with Crippen LogP contribution < -0.4 is 11.1 Å². The smallest absolute Gasteiger partial charge is 0.426 e. The van der Waals surface area contributed by atoms with Gasteiger partial charge in [0.1, 0.15) is 6.04 Å². The average Bonchev–Trinajstić information content (AvgIpc) is 3.16. The van der Waals surface area contributed by atoms with Crippen LogP contribution in [-0.4, -0.2) is 64.7 Å². The zero-order chi connectivity index (χ0) is 19.6. The molecule has 5 N–H and O–H groups in total. The number of likely N-dealkylation sites (tertiary alicyclic amines) is 1. The van der Waals surface area contributed by atoms with Gasteiger partial charge >= 0.3 is 7.12 Å². The third kappa shape index (κ3) is 6.84. The van der Waals surface area contributed by atoms with Crippen molar-refractivity contribution in [3.63, 3.8) is 0 Å². The molecule has 2 rings (SSSR count). The van der Waals surface area contributed by atoms with E-state index >= 15 is 0 Å². The van der Waals surface area contributed by atoms with Crippen LogP contribution in [0.1, 0.15) is 32.1 Å². The number of hydrogen-bond acceptors (Lipinski definition) is 6. The van der Waals surface area contributed by atoms with Gasteiger partial charge < -0.3 is 26.0 Å². The van der Waals surface area contributed by atoms with E-state index in [9.17, 15) is 19.6 Å². The van der Waals surface area contributed by atoms with Crippen LogP contribution in [-0.2, 0) is 9.59 Å². The molecule has 1 aliphatic rings. The second kappa shape index (κ2) is 11.3. The van der Waals surface area contributed by atoms with E-state index in [-0.39, 0.29) is 17.6 Å². The van der Waals surface area contributed by atoms with Crippen LogP contribution in [0.4, 0.5) is 0 Å². The molecule has 0 aromatic heterocycles. The molecule has 1 fully saturated rings. The van der Waals surface area contributed by atoms with Crippen molar-refractivity contribution in [3.05, 3.63) is 30.3 Å². The molecule has 1 aromatic carbocycles. The molecule has 27 heavy (non-hydrogen) atoms. The van der Waals surface area contributed by atoms with Crippen LogP contribution in [0, 0.1) is 0 Å². The Labute approximate surface area is 164 Å². The van der Waals surface area contributed by atoms with Crippen LogP contribution >= 0.6 is 11.8 Å². The summed E-state index contributed by atoms with van der Waals surface area (Å²) < 4.78 is 0. The summed E-state index contributed by atoms with van der Waals surface area (Å²) in [4.78, 5) is 27.8. The monoisotopic (exact) mass is 393 g/mol. The number of benzene rings is 1. The van der Waals surface area contributed by atoms with Crippen molar-refractivity contribution in [2.75, 3.05) is 18.8 Å². The Bertz CT molecular complexity index is 606. The Morgan fingerprint density at radius 3 is 2.70 bits per heavy atom. The first-order valence-corrected chi connectivity index (χ1v) is 10.4. The number of nitrogens with two attached hydrogens (primary N) is 1. The third-order valence-corrected chi connectivity index (χ3v) is 5.63. The van der Waals surface area contributed by atoms with Gasteiger partial charge in [0.25, 0.3) is 0 Å². The predicted molar refractivity (Wildman–Crippen MR) is 107 cm³/mol. The van der Waals surface area contributed by atoms with Gasteiger partial charge in [-0.2, -0.15) is 0 Å². The van der Waals surface area contributed by atoms with Crippen molar-refractivity contribution in [3.8, 4) is 0 Å². The van der Waals surface area contributed by atoms with Crippen molar-refractivity contribution in [2.45, 2.75) is 49.0 Å². The summed E-state index contributed by atoms with van der Waals surface area (Å²) in [5, 5.41) is 21.7. The summed E-state index contributed by atoms with van der Waals surface area (Å²) >= 11 is 1.45. The van der Waals surface area contributed by atoms with E-state index in [0.29, 0.717) is 32.4 Å². The fourth-order valence-corrected chi connectivity index (χ4v) is 3.97. The lowest BCUT2D eigenvalue weighted by molar-refractivity contribution is -0.136. The number of nitrogens with zero attached hydrogens (tertiary/aromatic N) is 1. The Hall–Kier alpha value is -1.55. The highest BCUT2D eigenvalue weighted by molar-refractivity contribution is 8.00. The molecular weight excluding hydrogens is 365 g/mol. The number of amides is 2. The quantitative estimate of drug-likeness (QED) is 0.260. The van der Waals surface area contributed by atoms with E-state index in [1.807, 2.05) is 30.3 Å². The van der Waals surface area contributed by atoms with Gasteiger partial charge in [0.2, 0.25) is 11.8 Å². The summed E-state index contributed by atoms with van der Waals surface area (Å²) in [6.07, 6.45) is 3.24. The van der Waals surface area contributed by atoms with Gasteiger partial charge in [-0.3, -0.25) is 9.59 Å². The second-order valence-corrected chi connectivity index (χ2v) is 7.71. The van der Waals surface area contributed by atoms with Crippen LogP contribution in [0.25, 0.3) is 0 Å². The van der Waals surface area contributed by atoms with Gasteiger partial charge in [-0.05, 0) is 44.4 Å². The van der Waals surface area contributed by atoms with E-state index in [2.05, 4.69) is 5.32 Å². The molecule has 0 saturated carbocycles. The minimum atomic E-state index is -1.63. The van der Waals surface area contributed by atoms with Crippen LogP contribution in [0.3, 0.4) is 0 Å². The zero-order valence-electron chi connectivity index (χ0n) is 15.4.